The molecule has 0 aliphatic heterocycles. The zero-order chi connectivity index (χ0) is 20.9. The van der Waals surface area contributed by atoms with Gasteiger partial charge in [0.2, 0.25) is 0 Å². The second kappa shape index (κ2) is 9.28. The number of hydrogen-bond donors (Lipinski definition) is 1. The third-order valence-corrected chi connectivity index (χ3v) is 5.94. The van der Waals surface area contributed by atoms with Crippen LogP contribution in [0.2, 0.25) is 5.02 Å². The number of amides is 1. The molecular formula is C24H21ClN2O2S. The minimum Gasteiger partial charge on any atom is -0.494 e. The van der Waals surface area contributed by atoms with E-state index < -0.39 is 0 Å². The van der Waals surface area contributed by atoms with E-state index in [4.69, 9.17) is 21.3 Å². The second-order valence-electron chi connectivity index (χ2n) is 6.86. The molecule has 1 heterocycles. The van der Waals surface area contributed by atoms with Gasteiger partial charge in [-0.2, -0.15) is 0 Å². The Hall–Kier alpha value is -2.89. The first-order chi connectivity index (χ1) is 14.6. The van der Waals surface area contributed by atoms with Gasteiger partial charge in [-0.1, -0.05) is 37.1 Å². The summed E-state index contributed by atoms with van der Waals surface area (Å²) in [5.74, 6) is 0.571. The Labute approximate surface area is 184 Å². The van der Waals surface area contributed by atoms with Crippen LogP contribution in [0.25, 0.3) is 20.8 Å². The van der Waals surface area contributed by atoms with E-state index in [0.717, 1.165) is 39.4 Å². The van der Waals surface area contributed by atoms with E-state index >= 15 is 0 Å². The maximum absolute atomic E-state index is 12.8. The number of rotatable bonds is 7. The maximum atomic E-state index is 12.8. The first kappa shape index (κ1) is 20.4. The second-order valence-corrected chi connectivity index (χ2v) is 8.32. The van der Waals surface area contributed by atoms with Crippen LogP contribution in [0, 0.1) is 0 Å². The third-order valence-electron chi connectivity index (χ3n) is 4.64. The monoisotopic (exact) mass is 436 g/mol. The number of anilines is 1. The number of thiazole rings is 1. The number of nitrogens with zero attached hydrogens (tertiary/aromatic N) is 1. The maximum Gasteiger partial charge on any atom is 0.255 e. The highest BCUT2D eigenvalue weighted by atomic mass is 35.5. The van der Waals surface area contributed by atoms with Gasteiger partial charge in [0.05, 0.1) is 22.5 Å². The summed E-state index contributed by atoms with van der Waals surface area (Å²) in [7, 11) is 0. The lowest BCUT2D eigenvalue weighted by Gasteiger charge is -2.11. The van der Waals surface area contributed by atoms with Gasteiger partial charge >= 0.3 is 0 Å². The molecule has 6 heteroatoms. The first-order valence-electron chi connectivity index (χ1n) is 9.84. The normalized spacial score (nSPS) is 10.9. The van der Waals surface area contributed by atoms with Crippen LogP contribution < -0.4 is 10.1 Å². The fraction of sp³-hybridized carbons (Fsp3) is 0.167. The Balaban J connectivity index is 1.56. The van der Waals surface area contributed by atoms with Crippen LogP contribution in [0.1, 0.15) is 30.1 Å². The predicted molar refractivity (Wildman–Crippen MR) is 125 cm³/mol. The summed E-state index contributed by atoms with van der Waals surface area (Å²) in [5.41, 5.74) is 2.96. The van der Waals surface area contributed by atoms with E-state index in [1.165, 1.54) is 0 Å². The Morgan fingerprint density at radius 1 is 1.10 bits per heavy atom. The zero-order valence-corrected chi connectivity index (χ0v) is 18.1. The molecule has 3 aromatic carbocycles. The number of hydrogen-bond acceptors (Lipinski definition) is 4. The van der Waals surface area contributed by atoms with Crippen molar-refractivity contribution in [2.45, 2.75) is 19.8 Å². The highest BCUT2D eigenvalue weighted by Gasteiger charge is 2.14. The summed E-state index contributed by atoms with van der Waals surface area (Å²) < 4.78 is 6.75. The molecule has 1 aromatic heterocycles. The number of aromatic nitrogens is 1. The number of nitrogens with one attached hydrogen (secondary N) is 1. The van der Waals surface area contributed by atoms with Crippen molar-refractivity contribution in [1.29, 1.82) is 0 Å². The number of para-hydroxylation sites is 1. The fourth-order valence-electron chi connectivity index (χ4n) is 3.02. The van der Waals surface area contributed by atoms with Crippen molar-refractivity contribution in [2.75, 3.05) is 11.9 Å². The summed E-state index contributed by atoms with van der Waals surface area (Å²) >= 11 is 7.81. The van der Waals surface area contributed by atoms with E-state index in [9.17, 15) is 4.79 Å². The van der Waals surface area contributed by atoms with E-state index in [1.54, 1.807) is 29.5 Å². The molecule has 1 amide bonds. The Morgan fingerprint density at radius 3 is 2.67 bits per heavy atom. The van der Waals surface area contributed by atoms with Crippen molar-refractivity contribution in [3.63, 3.8) is 0 Å². The van der Waals surface area contributed by atoms with Gasteiger partial charge in [-0.15, -0.1) is 11.3 Å². The molecule has 0 radical (unpaired) electrons. The molecule has 4 rings (SSSR count). The van der Waals surface area contributed by atoms with Gasteiger partial charge in [-0.3, -0.25) is 4.79 Å². The number of fused-ring (bicyclic) bond motifs is 1. The minimum atomic E-state index is -0.195. The number of unbranched alkanes of at least 4 members (excludes halogenated alkanes) is 1. The van der Waals surface area contributed by atoms with Crippen molar-refractivity contribution < 1.29 is 9.53 Å². The van der Waals surface area contributed by atoms with Gasteiger partial charge in [0.25, 0.3) is 5.91 Å². The van der Waals surface area contributed by atoms with Gasteiger partial charge < -0.3 is 10.1 Å². The molecule has 0 spiro atoms. The molecule has 30 heavy (non-hydrogen) atoms. The van der Waals surface area contributed by atoms with Gasteiger partial charge in [0.1, 0.15) is 10.8 Å². The molecule has 152 valence electrons. The Kier molecular flexibility index (Phi) is 6.31. The molecule has 4 aromatic rings. The number of ether oxygens (including phenoxy) is 1. The van der Waals surface area contributed by atoms with Gasteiger partial charge in [-0.05, 0) is 61.0 Å². The van der Waals surface area contributed by atoms with E-state index in [2.05, 4.69) is 12.2 Å². The van der Waals surface area contributed by atoms with Crippen LogP contribution in [0.4, 0.5) is 5.69 Å². The highest BCUT2D eigenvalue weighted by Crippen LogP contribution is 2.36. The molecule has 1 N–H and O–H groups in total. The average molecular weight is 437 g/mol. The van der Waals surface area contributed by atoms with E-state index in [0.29, 0.717) is 22.9 Å². The SMILES string of the molecule is CCCCOc1ccc(C(=O)Nc2ccc(Cl)cc2-c2nc3ccccc3s2)cc1. The van der Waals surface area contributed by atoms with Crippen molar-refractivity contribution in [2.24, 2.45) is 0 Å². The van der Waals surface area contributed by atoms with Crippen LogP contribution in [0.3, 0.4) is 0 Å². The van der Waals surface area contributed by atoms with Crippen LogP contribution in [-0.4, -0.2) is 17.5 Å². The van der Waals surface area contributed by atoms with Gasteiger partial charge in [0, 0.05) is 16.1 Å². The van der Waals surface area contributed by atoms with Crippen LogP contribution in [0.15, 0.2) is 66.7 Å². The summed E-state index contributed by atoms with van der Waals surface area (Å²) in [6, 6.07) is 20.5. The van der Waals surface area contributed by atoms with Crippen LogP contribution in [-0.2, 0) is 0 Å². The minimum absolute atomic E-state index is 0.195. The first-order valence-corrected chi connectivity index (χ1v) is 11.0. The van der Waals surface area contributed by atoms with Crippen LogP contribution >= 0.6 is 22.9 Å². The molecular weight excluding hydrogens is 416 g/mol. The molecule has 0 saturated heterocycles. The summed E-state index contributed by atoms with van der Waals surface area (Å²) in [6.45, 7) is 2.80. The van der Waals surface area contributed by atoms with Crippen molar-refractivity contribution in [1.82, 2.24) is 4.98 Å². The highest BCUT2D eigenvalue weighted by molar-refractivity contribution is 7.21. The molecule has 4 nitrogen and oxygen atoms in total. The summed E-state index contributed by atoms with van der Waals surface area (Å²) in [4.78, 5) is 17.5. The largest absolute Gasteiger partial charge is 0.494 e. The lowest BCUT2D eigenvalue weighted by molar-refractivity contribution is 0.102. The number of carbonyl (C=O) groups is 1. The van der Waals surface area contributed by atoms with E-state index in [1.807, 2.05) is 48.5 Å². The Bertz CT molecular complexity index is 1140. The van der Waals surface area contributed by atoms with E-state index in [-0.39, 0.29) is 5.91 Å². The molecule has 0 aliphatic carbocycles. The molecule has 0 saturated carbocycles. The quantitative estimate of drug-likeness (QED) is 0.316. The fourth-order valence-corrected chi connectivity index (χ4v) is 4.19. The molecule has 0 fully saturated rings. The lowest BCUT2D eigenvalue weighted by atomic mass is 10.1. The van der Waals surface area contributed by atoms with Gasteiger partial charge in [-0.25, -0.2) is 4.98 Å². The molecule has 0 atom stereocenters. The molecule has 0 unspecified atom stereocenters. The summed E-state index contributed by atoms with van der Waals surface area (Å²) in [6.07, 6.45) is 2.09. The number of benzene rings is 3. The van der Waals surface area contributed by atoms with Crippen LogP contribution in [0.5, 0.6) is 5.75 Å². The third kappa shape index (κ3) is 4.64. The lowest BCUT2D eigenvalue weighted by Crippen LogP contribution is -2.12. The van der Waals surface area contributed by atoms with Crippen molar-refractivity contribution in [3.8, 4) is 16.3 Å². The zero-order valence-electron chi connectivity index (χ0n) is 16.5. The topological polar surface area (TPSA) is 51.2 Å². The Morgan fingerprint density at radius 2 is 1.90 bits per heavy atom. The van der Waals surface area contributed by atoms with Crippen molar-refractivity contribution in [3.05, 3.63) is 77.3 Å². The standard InChI is InChI=1S/C24H21ClN2O2S/c1-2-3-14-29-18-11-8-16(9-12-18)23(28)26-20-13-10-17(25)15-19(20)24-27-21-6-4-5-7-22(21)30-24/h4-13,15H,2-3,14H2,1H3,(H,26,28). The number of halogens is 1. The molecule has 0 bridgehead atoms. The average Bonchev–Trinajstić information content (AvgIpc) is 3.20. The number of carbonyl (C=O) groups excluding carboxylic acids is 1. The van der Waals surface area contributed by atoms with Crippen molar-refractivity contribution >= 4 is 44.7 Å². The predicted octanol–water partition coefficient (Wildman–Crippen LogP) is 7.05. The smallest absolute Gasteiger partial charge is 0.255 e. The van der Waals surface area contributed by atoms with Gasteiger partial charge in [0.15, 0.2) is 0 Å². The molecule has 0 aliphatic rings. The summed E-state index contributed by atoms with van der Waals surface area (Å²) in [5, 5.41) is 4.40.